The molecule has 0 atom stereocenters. The Morgan fingerprint density at radius 3 is 2.88 bits per heavy atom. The summed E-state index contributed by atoms with van der Waals surface area (Å²) in [6, 6.07) is 4.24. The fourth-order valence-corrected chi connectivity index (χ4v) is 1.13. The molecule has 8 heteroatoms. The Morgan fingerprint density at radius 2 is 2.31 bits per heavy atom. The van der Waals surface area contributed by atoms with Crippen LogP contribution in [0, 0.1) is 21.4 Å². The Bertz CT molecular complexity index is 591. The molecule has 0 amide bonds. The maximum Gasteiger partial charge on any atom is 0.433 e. The van der Waals surface area contributed by atoms with Gasteiger partial charge in [-0.05, 0) is 6.07 Å². The summed E-state index contributed by atoms with van der Waals surface area (Å²) in [7, 11) is 0. The third kappa shape index (κ3) is 1.36. The van der Waals surface area contributed by atoms with E-state index >= 15 is 0 Å². The minimum atomic E-state index is -0.695. The summed E-state index contributed by atoms with van der Waals surface area (Å²) in [4.78, 5) is 9.69. The van der Waals surface area contributed by atoms with Gasteiger partial charge in [-0.2, -0.15) is 5.26 Å². The van der Waals surface area contributed by atoms with E-state index in [1.54, 1.807) is 6.07 Å². The van der Waals surface area contributed by atoms with Crippen LogP contribution in [0.25, 0.3) is 11.5 Å². The monoisotopic (exact) mass is 220 g/mol. The molecule has 2 heterocycles. The molecule has 0 saturated carbocycles. The zero-order valence-electron chi connectivity index (χ0n) is 7.71. The van der Waals surface area contributed by atoms with Crippen LogP contribution in [-0.2, 0) is 0 Å². The van der Waals surface area contributed by atoms with Crippen molar-refractivity contribution in [2.75, 3.05) is 5.73 Å². The van der Waals surface area contributed by atoms with Crippen LogP contribution in [0.3, 0.4) is 0 Å². The minimum absolute atomic E-state index is 0.00996. The van der Waals surface area contributed by atoms with Gasteiger partial charge in [0, 0.05) is 0 Å². The molecular formula is C8H4N4O4. The Morgan fingerprint density at radius 1 is 1.56 bits per heavy atom. The highest BCUT2D eigenvalue weighted by atomic mass is 16.6. The molecule has 80 valence electrons. The SMILES string of the molecule is N#Cc1c(-c2ccc([N+](=O)[O-])o2)noc1N. The van der Waals surface area contributed by atoms with Crippen molar-refractivity contribution in [3.8, 4) is 17.5 Å². The number of hydrogen-bond acceptors (Lipinski definition) is 7. The summed E-state index contributed by atoms with van der Waals surface area (Å²) in [5.74, 6) is -0.541. The summed E-state index contributed by atoms with van der Waals surface area (Å²) in [5.41, 5.74) is 5.37. The van der Waals surface area contributed by atoms with E-state index in [1.807, 2.05) is 0 Å². The molecule has 8 nitrogen and oxygen atoms in total. The van der Waals surface area contributed by atoms with E-state index in [4.69, 9.17) is 15.4 Å². The second-order valence-corrected chi connectivity index (χ2v) is 2.78. The molecule has 0 spiro atoms. The molecule has 2 aromatic heterocycles. The molecule has 0 radical (unpaired) electrons. The van der Waals surface area contributed by atoms with E-state index in [1.165, 1.54) is 6.07 Å². The van der Waals surface area contributed by atoms with Crippen molar-refractivity contribution in [2.45, 2.75) is 0 Å². The highest BCUT2D eigenvalue weighted by Crippen LogP contribution is 2.29. The highest BCUT2D eigenvalue weighted by Gasteiger charge is 2.21. The Kier molecular flexibility index (Phi) is 2.06. The van der Waals surface area contributed by atoms with Gasteiger partial charge in [0.05, 0.1) is 6.07 Å². The molecule has 2 aromatic rings. The molecule has 0 unspecified atom stereocenters. The quantitative estimate of drug-likeness (QED) is 0.595. The predicted molar refractivity (Wildman–Crippen MR) is 50.0 cm³/mol. The maximum atomic E-state index is 10.4. The van der Waals surface area contributed by atoms with Gasteiger partial charge in [0.1, 0.15) is 16.6 Å². The summed E-state index contributed by atoms with van der Waals surface area (Å²) < 4.78 is 9.44. The van der Waals surface area contributed by atoms with E-state index in [0.717, 1.165) is 6.07 Å². The third-order valence-corrected chi connectivity index (χ3v) is 1.84. The molecule has 2 N–H and O–H groups in total. The standard InChI is InChI=1S/C8H4N4O4/c9-3-4-7(11-16-8(4)10)5-1-2-6(15-5)12(13)14/h1-2H,10H2. The molecule has 0 aromatic carbocycles. The average molecular weight is 220 g/mol. The number of nitrogens with two attached hydrogens (primary N) is 1. The molecular weight excluding hydrogens is 216 g/mol. The van der Waals surface area contributed by atoms with E-state index in [9.17, 15) is 10.1 Å². The molecule has 0 saturated heterocycles. The summed E-state index contributed by atoms with van der Waals surface area (Å²) in [6.07, 6.45) is 0. The number of nitrogen functional groups attached to an aromatic ring is 1. The van der Waals surface area contributed by atoms with Crippen molar-refractivity contribution < 1.29 is 13.9 Å². The van der Waals surface area contributed by atoms with Gasteiger partial charge in [0.15, 0.2) is 11.5 Å². The normalized spacial score (nSPS) is 9.94. The first-order valence-electron chi connectivity index (χ1n) is 4.03. The van der Waals surface area contributed by atoms with Crippen LogP contribution in [0.15, 0.2) is 21.1 Å². The maximum absolute atomic E-state index is 10.4. The average Bonchev–Trinajstić information content (AvgIpc) is 2.83. The molecule has 0 aliphatic rings. The van der Waals surface area contributed by atoms with Gasteiger partial charge in [0.2, 0.25) is 5.88 Å². The smallest absolute Gasteiger partial charge is 0.399 e. The summed E-state index contributed by atoms with van der Waals surface area (Å²) in [5, 5.41) is 22.6. The topological polar surface area (TPSA) is 132 Å². The van der Waals surface area contributed by atoms with Crippen LogP contribution in [0.5, 0.6) is 0 Å². The Balaban J connectivity index is 2.51. The van der Waals surface area contributed by atoms with Crippen LogP contribution < -0.4 is 5.73 Å². The lowest BCUT2D eigenvalue weighted by molar-refractivity contribution is -0.401. The number of rotatable bonds is 2. The number of nitro groups is 1. The highest BCUT2D eigenvalue weighted by molar-refractivity contribution is 5.67. The summed E-state index contributed by atoms with van der Waals surface area (Å²) >= 11 is 0. The fraction of sp³-hybridized carbons (Fsp3) is 0. The first-order valence-corrected chi connectivity index (χ1v) is 4.03. The van der Waals surface area contributed by atoms with Gasteiger partial charge in [-0.3, -0.25) is 10.1 Å². The number of nitriles is 1. The van der Waals surface area contributed by atoms with Crippen molar-refractivity contribution in [2.24, 2.45) is 0 Å². The van der Waals surface area contributed by atoms with E-state index in [-0.39, 0.29) is 22.9 Å². The lowest BCUT2D eigenvalue weighted by atomic mass is 10.2. The summed E-state index contributed by atoms with van der Waals surface area (Å²) in [6.45, 7) is 0. The number of anilines is 1. The minimum Gasteiger partial charge on any atom is -0.399 e. The lowest BCUT2D eigenvalue weighted by Gasteiger charge is -1.87. The van der Waals surface area contributed by atoms with Crippen molar-refractivity contribution in [1.82, 2.24) is 5.16 Å². The lowest BCUT2D eigenvalue weighted by Crippen LogP contribution is -1.85. The molecule has 2 rings (SSSR count). The van der Waals surface area contributed by atoms with Crippen LogP contribution in [0.2, 0.25) is 0 Å². The first-order chi connectivity index (χ1) is 7.63. The Labute approximate surface area is 88.0 Å². The van der Waals surface area contributed by atoms with Gasteiger partial charge in [-0.25, -0.2) is 0 Å². The van der Waals surface area contributed by atoms with Crippen LogP contribution in [0.1, 0.15) is 5.56 Å². The van der Waals surface area contributed by atoms with Crippen LogP contribution >= 0.6 is 0 Å². The second kappa shape index (κ2) is 3.39. The first kappa shape index (κ1) is 9.72. The van der Waals surface area contributed by atoms with Crippen molar-refractivity contribution in [3.63, 3.8) is 0 Å². The molecule has 0 bridgehead atoms. The van der Waals surface area contributed by atoms with Gasteiger partial charge in [0.25, 0.3) is 0 Å². The Hall–Kier alpha value is -2.82. The van der Waals surface area contributed by atoms with Gasteiger partial charge >= 0.3 is 5.88 Å². The second-order valence-electron chi connectivity index (χ2n) is 2.78. The molecule has 0 aliphatic carbocycles. The van der Waals surface area contributed by atoms with E-state index < -0.39 is 10.8 Å². The van der Waals surface area contributed by atoms with Gasteiger partial charge < -0.3 is 14.7 Å². The van der Waals surface area contributed by atoms with Crippen molar-refractivity contribution in [1.29, 1.82) is 5.26 Å². The molecule has 0 fully saturated rings. The number of nitrogens with zero attached hydrogens (tertiary/aromatic N) is 3. The van der Waals surface area contributed by atoms with Crippen LogP contribution in [0.4, 0.5) is 11.8 Å². The fourth-order valence-electron chi connectivity index (χ4n) is 1.13. The van der Waals surface area contributed by atoms with E-state index in [0.29, 0.717) is 0 Å². The van der Waals surface area contributed by atoms with Crippen molar-refractivity contribution in [3.05, 3.63) is 27.8 Å². The van der Waals surface area contributed by atoms with Crippen LogP contribution in [-0.4, -0.2) is 10.1 Å². The number of hydrogen-bond donors (Lipinski definition) is 1. The van der Waals surface area contributed by atoms with Gasteiger partial charge in [-0.1, -0.05) is 5.16 Å². The number of furan rings is 1. The number of aromatic nitrogens is 1. The molecule has 0 aliphatic heterocycles. The largest absolute Gasteiger partial charge is 0.433 e. The zero-order valence-corrected chi connectivity index (χ0v) is 7.71. The van der Waals surface area contributed by atoms with E-state index in [2.05, 4.69) is 9.68 Å². The molecule has 16 heavy (non-hydrogen) atoms. The zero-order chi connectivity index (χ0) is 11.7. The predicted octanol–water partition coefficient (Wildman–Crippen LogP) is 1.30. The third-order valence-electron chi connectivity index (χ3n) is 1.84. The van der Waals surface area contributed by atoms with Gasteiger partial charge in [-0.15, -0.1) is 0 Å². The van der Waals surface area contributed by atoms with Crippen molar-refractivity contribution >= 4 is 11.8 Å².